The second-order valence-electron chi connectivity index (χ2n) is 5.73. The first kappa shape index (κ1) is 22.8. The maximum atomic E-state index is 12.3. The maximum absolute atomic E-state index is 12.3. The van der Waals surface area contributed by atoms with Crippen LogP contribution >= 0.6 is 0 Å². The Bertz CT molecular complexity index is 1020. The molecule has 0 aromatic heterocycles. The van der Waals surface area contributed by atoms with Gasteiger partial charge in [0.25, 0.3) is 5.69 Å². The van der Waals surface area contributed by atoms with Crippen LogP contribution in [-0.4, -0.2) is 52.1 Å². The van der Waals surface area contributed by atoms with Gasteiger partial charge in [-0.15, -0.1) is 0 Å². The lowest BCUT2D eigenvalue weighted by atomic mass is 10.2. The molecule has 0 aliphatic heterocycles. The number of sulfonamides is 1. The highest BCUT2D eigenvalue weighted by atomic mass is 32.2. The summed E-state index contributed by atoms with van der Waals surface area (Å²) in [5, 5.41) is 13.6. The van der Waals surface area contributed by atoms with Crippen molar-refractivity contribution < 1.29 is 32.4 Å². The molecule has 0 fully saturated rings. The van der Waals surface area contributed by atoms with E-state index in [2.05, 4.69) is 5.32 Å². The molecule has 0 unspecified atom stereocenters. The van der Waals surface area contributed by atoms with Crippen molar-refractivity contribution in [3.8, 4) is 0 Å². The number of nitro benzene ring substituents is 1. The predicted octanol–water partition coefficient (Wildman–Crippen LogP) is 1.32. The van der Waals surface area contributed by atoms with E-state index in [4.69, 9.17) is 9.47 Å². The average Bonchev–Trinajstić information content (AvgIpc) is 2.75. The molecule has 0 radical (unpaired) electrons. The summed E-state index contributed by atoms with van der Waals surface area (Å²) < 4.78 is 36.2. The van der Waals surface area contributed by atoms with Gasteiger partial charge in [0, 0.05) is 13.1 Å². The van der Waals surface area contributed by atoms with E-state index in [1.807, 2.05) is 4.72 Å². The molecule has 0 amide bonds. The zero-order valence-corrected chi connectivity index (χ0v) is 16.7. The van der Waals surface area contributed by atoms with E-state index in [1.54, 1.807) is 30.3 Å². The summed E-state index contributed by atoms with van der Waals surface area (Å²) in [6.07, 6.45) is 0. The summed E-state index contributed by atoms with van der Waals surface area (Å²) in [6, 6.07) is 11.5. The minimum Gasteiger partial charge on any atom is -0.461 e. The number of hydrogen-bond acceptors (Lipinski definition) is 9. The lowest BCUT2D eigenvalue weighted by Crippen LogP contribution is -2.31. The van der Waals surface area contributed by atoms with Crippen LogP contribution in [0.4, 0.5) is 11.4 Å². The SMILES string of the molecule is CNc1ccc(S(=O)(=O)NCC(=O)OCCOC(=O)c2ccccc2)cc1[N+](=O)[O-]. The Balaban J connectivity index is 1.83. The molecular formula is C18H19N3O8S. The highest BCUT2D eigenvalue weighted by molar-refractivity contribution is 7.89. The number of carbonyl (C=O) groups excluding carboxylic acids is 2. The third kappa shape index (κ3) is 6.25. The summed E-state index contributed by atoms with van der Waals surface area (Å²) in [7, 11) is -2.72. The zero-order valence-electron chi connectivity index (χ0n) is 15.9. The summed E-state index contributed by atoms with van der Waals surface area (Å²) in [5.41, 5.74) is 0.0570. The van der Waals surface area contributed by atoms with Gasteiger partial charge in [0.05, 0.1) is 15.4 Å². The van der Waals surface area contributed by atoms with Crippen LogP contribution in [-0.2, 0) is 24.3 Å². The van der Waals surface area contributed by atoms with E-state index in [9.17, 15) is 28.1 Å². The minimum atomic E-state index is -4.18. The second-order valence-corrected chi connectivity index (χ2v) is 7.50. The Labute approximate surface area is 172 Å². The van der Waals surface area contributed by atoms with Gasteiger partial charge in [-0.2, -0.15) is 4.72 Å². The third-order valence-electron chi connectivity index (χ3n) is 3.74. The van der Waals surface area contributed by atoms with Gasteiger partial charge >= 0.3 is 11.9 Å². The molecule has 0 bridgehead atoms. The highest BCUT2D eigenvalue weighted by Gasteiger charge is 2.22. The number of rotatable bonds is 10. The molecule has 0 aliphatic carbocycles. The molecule has 0 saturated carbocycles. The van der Waals surface area contributed by atoms with E-state index in [0.717, 1.165) is 12.1 Å². The van der Waals surface area contributed by atoms with Gasteiger partial charge in [0.2, 0.25) is 10.0 Å². The van der Waals surface area contributed by atoms with Gasteiger partial charge in [-0.1, -0.05) is 18.2 Å². The van der Waals surface area contributed by atoms with Crippen molar-refractivity contribution in [1.29, 1.82) is 0 Å². The Morgan fingerprint density at radius 1 is 1.07 bits per heavy atom. The molecule has 0 saturated heterocycles. The van der Waals surface area contributed by atoms with Crippen molar-refractivity contribution in [2.45, 2.75) is 4.90 Å². The topological polar surface area (TPSA) is 154 Å². The quantitative estimate of drug-likeness (QED) is 0.242. The summed E-state index contributed by atoms with van der Waals surface area (Å²) in [6.45, 7) is -1.16. The molecule has 30 heavy (non-hydrogen) atoms. The molecule has 2 N–H and O–H groups in total. The van der Waals surface area contributed by atoms with Crippen molar-refractivity contribution in [2.24, 2.45) is 0 Å². The van der Waals surface area contributed by atoms with Crippen LogP contribution in [0.15, 0.2) is 53.4 Å². The van der Waals surface area contributed by atoms with Gasteiger partial charge in [-0.05, 0) is 24.3 Å². The summed E-state index contributed by atoms with van der Waals surface area (Å²) in [4.78, 5) is 33.4. The second kappa shape index (κ2) is 10.3. The van der Waals surface area contributed by atoms with Crippen LogP contribution in [0.2, 0.25) is 0 Å². The van der Waals surface area contributed by atoms with E-state index in [-0.39, 0.29) is 23.8 Å². The Morgan fingerprint density at radius 3 is 2.37 bits per heavy atom. The molecule has 2 rings (SSSR count). The highest BCUT2D eigenvalue weighted by Crippen LogP contribution is 2.26. The Hall–Kier alpha value is -3.51. The number of nitro groups is 1. The predicted molar refractivity (Wildman–Crippen MR) is 106 cm³/mol. The van der Waals surface area contributed by atoms with E-state index in [0.29, 0.717) is 5.56 Å². The van der Waals surface area contributed by atoms with Crippen molar-refractivity contribution in [2.75, 3.05) is 32.1 Å². The Morgan fingerprint density at radius 2 is 1.73 bits per heavy atom. The molecule has 160 valence electrons. The van der Waals surface area contributed by atoms with Crippen molar-refractivity contribution in [3.63, 3.8) is 0 Å². The van der Waals surface area contributed by atoms with Crippen molar-refractivity contribution in [1.82, 2.24) is 4.72 Å². The van der Waals surface area contributed by atoms with Crippen LogP contribution < -0.4 is 10.0 Å². The van der Waals surface area contributed by atoms with Crippen LogP contribution in [0.3, 0.4) is 0 Å². The molecule has 2 aromatic carbocycles. The van der Waals surface area contributed by atoms with Crippen LogP contribution in [0.1, 0.15) is 10.4 Å². The molecule has 0 spiro atoms. The number of esters is 2. The fraction of sp³-hybridized carbons (Fsp3) is 0.222. The number of ether oxygens (including phenoxy) is 2. The number of nitrogens with zero attached hydrogens (tertiary/aromatic N) is 1. The molecular weight excluding hydrogens is 418 g/mol. The Kier molecular flexibility index (Phi) is 7.83. The van der Waals surface area contributed by atoms with Crippen LogP contribution in [0.5, 0.6) is 0 Å². The number of nitrogens with one attached hydrogen (secondary N) is 2. The van der Waals surface area contributed by atoms with Gasteiger partial charge in [-0.25, -0.2) is 13.2 Å². The lowest BCUT2D eigenvalue weighted by Gasteiger charge is -2.09. The number of hydrogen-bond donors (Lipinski definition) is 2. The van der Waals surface area contributed by atoms with Gasteiger partial charge in [0.1, 0.15) is 25.4 Å². The fourth-order valence-corrected chi connectivity index (χ4v) is 3.27. The van der Waals surface area contributed by atoms with Crippen LogP contribution in [0.25, 0.3) is 0 Å². The zero-order chi connectivity index (χ0) is 22.1. The van der Waals surface area contributed by atoms with Crippen molar-refractivity contribution >= 4 is 33.3 Å². The molecule has 0 aliphatic rings. The average molecular weight is 437 g/mol. The summed E-state index contributed by atoms with van der Waals surface area (Å²) in [5.74, 6) is -1.49. The molecule has 0 atom stereocenters. The molecule has 0 heterocycles. The fourth-order valence-electron chi connectivity index (χ4n) is 2.28. The minimum absolute atomic E-state index is 0.142. The van der Waals surface area contributed by atoms with Gasteiger partial charge in [0.15, 0.2) is 0 Å². The monoisotopic (exact) mass is 437 g/mol. The van der Waals surface area contributed by atoms with E-state index < -0.39 is 39.1 Å². The standard InChI is InChI=1S/C18H19N3O8S/c1-19-15-8-7-14(11-16(15)21(24)25)30(26,27)20-12-17(22)28-9-10-29-18(23)13-5-3-2-4-6-13/h2-8,11,19-20H,9-10,12H2,1H3. The summed E-state index contributed by atoms with van der Waals surface area (Å²) >= 11 is 0. The largest absolute Gasteiger partial charge is 0.461 e. The van der Waals surface area contributed by atoms with E-state index in [1.165, 1.54) is 13.1 Å². The number of carbonyl (C=O) groups is 2. The molecule has 11 nitrogen and oxygen atoms in total. The number of benzene rings is 2. The normalized spacial score (nSPS) is 10.8. The first-order valence-electron chi connectivity index (χ1n) is 8.58. The first-order valence-corrected chi connectivity index (χ1v) is 10.1. The van der Waals surface area contributed by atoms with Crippen molar-refractivity contribution in [3.05, 3.63) is 64.2 Å². The molecule has 12 heteroatoms. The van der Waals surface area contributed by atoms with Crippen LogP contribution in [0, 0.1) is 10.1 Å². The third-order valence-corrected chi connectivity index (χ3v) is 5.14. The number of anilines is 1. The lowest BCUT2D eigenvalue weighted by molar-refractivity contribution is -0.384. The van der Waals surface area contributed by atoms with Gasteiger partial charge in [-0.3, -0.25) is 14.9 Å². The maximum Gasteiger partial charge on any atom is 0.338 e. The van der Waals surface area contributed by atoms with Gasteiger partial charge < -0.3 is 14.8 Å². The van der Waals surface area contributed by atoms with E-state index >= 15 is 0 Å². The smallest absolute Gasteiger partial charge is 0.338 e. The first-order chi connectivity index (χ1) is 14.2. The molecule has 2 aromatic rings.